The summed E-state index contributed by atoms with van der Waals surface area (Å²) >= 11 is 0. The smallest absolute Gasteiger partial charge is 0.143 e. The number of aromatic nitrogens is 2. The van der Waals surface area contributed by atoms with Crippen LogP contribution < -0.4 is 4.90 Å². The molecule has 3 rings (SSSR count). The SMILES string of the molecule is CN(Cc1nccn1Cc1ccccc1)c1cccc(F)c1C#N. The number of nitriles is 1. The minimum absolute atomic E-state index is 0.0566. The van der Waals surface area contributed by atoms with Gasteiger partial charge in [-0.3, -0.25) is 0 Å². The minimum atomic E-state index is -0.505. The second-order valence-electron chi connectivity index (χ2n) is 5.56. The van der Waals surface area contributed by atoms with Crippen molar-refractivity contribution in [3.63, 3.8) is 0 Å². The van der Waals surface area contributed by atoms with Crippen LogP contribution in [-0.4, -0.2) is 16.6 Å². The van der Waals surface area contributed by atoms with Crippen LogP contribution in [-0.2, 0) is 13.1 Å². The molecule has 1 aromatic heterocycles. The highest BCUT2D eigenvalue weighted by molar-refractivity contribution is 5.59. The Morgan fingerprint density at radius 2 is 1.96 bits per heavy atom. The lowest BCUT2D eigenvalue weighted by atomic mass is 10.1. The third kappa shape index (κ3) is 3.28. The summed E-state index contributed by atoms with van der Waals surface area (Å²) in [5.74, 6) is 0.351. The number of hydrogen-bond donors (Lipinski definition) is 0. The summed E-state index contributed by atoms with van der Waals surface area (Å²) in [6, 6.07) is 16.7. The first-order chi connectivity index (χ1) is 11.7. The van der Waals surface area contributed by atoms with E-state index in [1.54, 1.807) is 18.3 Å². The van der Waals surface area contributed by atoms with Gasteiger partial charge in [0.25, 0.3) is 0 Å². The fourth-order valence-electron chi connectivity index (χ4n) is 2.65. The summed E-state index contributed by atoms with van der Waals surface area (Å²) in [6.45, 7) is 1.20. The second-order valence-corrected chi connectivity index (χ2v) is 5.56. The zero-order valence-electron chi connectivity index (χ0n) is 13.4. The lowest BCUT2D eigenvalue weighted by molar-refractivity contribution is 0.622. The van der Waals surface area contributed by atoms with Crippen molar-refractivity contribution < 1.29 is 4.39 Å². The normalized spacial score (nSPS) is 10.4. The molecule has 0 aliphatic rings. The van der Waals surface area contributed by atoms with E-state index in [-0.39, 0.29) is 5.56 Å². The van der Waals surface area contributed by atoms with Gasteiger partial charge < -0.3 is 9.47 Å². The van der Waals surface area contributed by atoms with Gasteiger partial charge in [-0.05, 0) is 17.7 Å². The van der Waals surface area contributed by atoms with Gasteiger partial charge >= 0.3 is 0 Å². The molecule has 5 heteroatoms. The number of imidazole rings is 1. The van der Waals surface area contributed by atoms with Crippen molar-refractivity contribution in [3.8, 4) is 6.07 Å². The Bertz CT molecular complexity index is 865. The first kappa shape index (κ1) is 15.8. The molecule has 0 saturated heterocycles. The maximum absolute atomic E-state index is 13.8. The molecule has 0 bridgehead atoms. The molecule has 0 spiro atoms. The fraction of sp³-hybridized carbons (Fsp3) is 0.158. The number of anilines is 1. The first-order valence-electron chi connectivity index (χ1n) is 7.62. The van der Waals surface area contributed by atoms with Crippen molar-refractivity contribution in [1.29, 1.82) is 5.26 Å². The highest BCUT2D eigenvalue weighted by Crippen LogP contribution is 2.22. The largest absolute Gasteiger partial charge is 0.366 e. The van der Waals surface area contributed by atoms with Gasteiger partial charge in [0.05, 0.1) is 12.2 Å². The summed E-state index contributed by atoms with van der Waals surface area (Å²) in [4.78, 5) is 6.24. The number of nitrogens with zero attached hydrogens (tertiary/aromatic N) is 4. The maximum atomic E-state index is 13.8. The van der Waals surface area contributed by atoms with Crippen LogP contribution in [0, 0.1) is 17.1 Å². The lowest BCUT2D eigenvalue weighted by Gasteiger charge is -2.21. The van der Waals surface area contributed by atoms with Gasteiger partial charge in [0.1, 0.15) is 23.3 Å². The Morgan fingerprint density at radius 1 is 1.17 bits per heavy atom. The van der Waals surface area contributed by atoms with Crippen LogP contribution in [0.3, 0.4) is 0 Å². The lowest BCUT2D eigenvalue weighted by Crippen LogP contribution is -2.21. The average Bonchev–Trinajstić information content (AvgIpc) is 3.02. The zero-order valence-corrected chi connectivity index (χ0v) is 13.4. The number of rotatable bonds is 5. The van der Waals surface area contributed by atoms with Crippen LogP contribution in [0.1, 0.15) is 17.0 Å². The standard InChI is InChI=1S/C19H17FN4/c1-23(18-9-5-8-17(20)16(18)12-21)14-19-22-10-11-24(19)13-15-6-3-2-4-7-15/h2-11H,13-14H2,1H3. The quantitative estimate of drug-likeness (QED) is 0.722. The highest BCUT2D eigenvalue weighted by atomic mass is 19.1. The van der Waals surface area contributed by atoms with Crippen molar-refractivity contribution in [2.24, 2.45) is 0 Å². The first-order valence-corrected chi connectivity index (χ1v) is 7.62. The molecule has 1 heterocycles. The molecule has 0 atom stereocenters. The van der Waals surface area contributed by atoms with E-state index in [0.29, 0.717) is 12.2 Å². The third-order valence-corrected chi connectivity index (χ3v) is 3.89. The summed E-state index contributed by atoms with van der Waals surface area (Å²) in [5, 5.41) is 9.19. The van der Waals surface area contributed by atoms with Crippen molar-refractivity contribution in [2.75, 3.05) is 11.9 Å². The van der Waals surface area contributed by atoms with Crippen LogP contribution in [0.2, 0.25) is 0 Å². The van der Waals surface area contributed by atoms with E-state index >= 15 is 0 Å². The minimum Gasteiger partial charge on any atom is -0.366 e. The molecule has 0 fully saturated rings. The van der Waals surface area contributed by atoms with Gasteiger partial charge in [-0.15, -0.1) is 0 Å². The van der Waals surface area contributed by atoms with Gasteiger partial charge in [-0.25, -0.2) is 9.37 Å². The van der Waals surface area contributed by atoms with Gasteiger partial charge in [-0.1, -0.05) is 36.4 Å². The Balaban J connectivity index is 1.82. The van der Waals surface area contributed by atoms with E-state index < -0.39 is 5.82 Å². The molecule has 4 nitrogen and oxygen atoms in total. The van der Waals surface area contributed by atoms with Crippen molar-refractivity contribution in [1.82, 2.24) is 9.55 Å². The van der Waals surface area contributed by atoms with Crippen LogP contribution in [0.5, 0.6) is 0 Å². The molecule has 0 aliphatic carbocycles. The van der Waals surface area contributed by atoms with Gasteiger partial charge in [0.2, 0.25) is 0 Å². The zero-order chi connectivity index (χ0) is 16.9. The number of hydrogen-bond acceptors (Lipinski definition) is 3. The number of benzene rings is 2. The molecule has 0 radical (unpaired) electrons. The van der Waals surface area contributed by atoms with Crippen molar-refractivity contribution in [3.05, 3.63) is 83.7 Å². The van der Waals surface area contributed by atoms with Gasteiger partial charge in [-0.2, -0.15) is 5.26 Å². The average molecular weight is 320 g/mol. The highest BCUT2D eigenvalue weighted by Gasteiger charge is 2.14. The van der Waals surface area contributed by atoms with Gasteiger partial charge in [0.15, 0.2) is 0 Å². The summed E-state index contributed by atoms with van der Waals surface area (Å²) in [6.07, 6.45) is 3.68. The van der Waals surface area contributed by atoms with E-state index in [0.717, 1.165) is 12.4 Å². The van der Waals surface area contributed by atoms with Crippen LogP contribution in [0.15, 0.2) is 60.9 Å². The third-order valence-electron chi connectivity index (χ3n) is 3.89. The summed E-state index contributed by atoms with van der Waals surface area (Å²) < 4.78 is 15.8. The molecule has 24 heavy (non-hydrogen) atoms. The van der Waals surface area contributed by atoms with Crippen LogP contribution >= 0.6 is 0 Å². The summed E-state index contributed by atoms with van der Waals surface area (Å²) in [5.41, 5.74) is 1.80. The second kappa shape index (κ2) is 6.97. The molecule has 0 aliphatic heterocycles. The fourth-order valence-corrected chi connectivity index (χ4v) is 2.65. The molecule has 2 aromatic carbocycles. The molecule has 0 amide bonds. The van der Waals surface area contributed by atoms with Gasteiger partial charge in [0, 0.05) is 26.0 Å². The molecule has 3 aromatic rings. The van der Waals surface area contributed by atoms with E-state index in [9.17, 15) is 9.65 Å². The van der Waals surface area contributed by atoms with Crippen LogP contribution in [0.4, 0.5) is 10.1 Å². The maximum Gasteiger partial charge on any atom is 0.143 e. The van der Waals surface area contributed by atoms with Crippen molar-refractivity contribution in [2.45, 2.75) is 13.1 Å². The number of halogens is 1. The molecule has 0 saturated carbocycles. The Kier molecular flexibility index (Phi) is 4.57. The molecule has 0 N–H and O–H groups in total. The Labute approximate surface area is 140 Å². The topological polar surface area (TPSA) is 44.9 Å². The molecular weight excluding hydrogens is 303 g/mol. The Morgan fingerprint density at radius 3 is 2.71 bits per heavy atom. The predicted molar refractivity (Wildman–Crippen MR) is 91.0 cm³/mol. The van der Waals surface area contributed by atoms with E-state index in [1.165, 1.54) is 11.6 Å². The monoisotopic (exact) mass is 320 g/mol. The molecular formula is C19H17FN4. The Hall–Kier alpha value is -3.13. The molecule has 0 unspecified atom stereocenters. The van der Waals surface area contributed by atoms with Crippen molar-refractivity contribution >= 4 is 5.69 Å². The predicted octanol–water partition coefficient (Wildman–Crippen LogP) is 3.58. The van der Waals surface area contributed by atoms with Crippen LogP contribution in [0.25, 0.3) is 0 Å². The van der Waals surface area contributed by atoms with E-state index in [2.05, 4.69) is 21.7 Å². The van der Waals surface area contributed by atoms with E-state index in [1.807, 2.05) is 42.4 Å². The van der Waals surface area contributed by atoms with E-state index in [4.69, 9.17) is 0 Å². The summed E-state index contributed by atoms with van der Waals surface area (Å²) in [7, 11) is 1.83. The molecule has 120 valence electrons.